The zero-order chi connectivity index (χ0) is 26.9. The van der Waals surface area contributed by atoms with E-state index in [1.807, 2.05) is 4.90 Å². The Labute approximate surface area is 217 Å². The van der Waals surface area contributed by atoms with Crippen LogP contribution in [-0.4, -0.2) is 60.6 Å². The number of alkyl halides is 3. The Balaban J connectivity index is 1.31. The van der Waals surface area contributed by atoms with E-state index in [4.69, 9.17) is 4.52 Å². The number of aromatic nitrogens is 4. The molecule has 1 aliphatic heterocycles. The quantitative estimate of drug-likeness (QED) is 0.438. The number of hydrogen-bond donors (Lipinski definition) is 2. The third kappa shape index (κ3) is 5.60. The molecule has 12 heteroatoms. The summed E-state index contributed by atoms with van der Waals surface area (Å²) in [7, 11) is 0. The molecule has 3 aromatic rings. The summed E-state index contributed by atoms with van der Waals surface area (Å²) >= 11 is 0. The van der Waals surface area contributed by atoms with Crippen molar-refractivity contribution in [2.75, 3.05) is 19.6 Å². The lowest BCUT2D eigenvalue weighted by Gasteiger charge is -2.32. The summed E-state index contributed by atoms with van der Waals surface area (Å²) in [4.78, 5) is 17.5. The summed E-state index contributed by atoms with van der Waals surface area (Å²) in [5, 5.41) is 27.9. The van der Waals surface area contributed by atoms with Crippen molar-refractivity contribution in [3.8, 4) is 22.8 Å². The molecule has 2 aromatic heterocycles. The predicted octanol–water partition coefficient (Wildman–Crippen LogP) is 4.95. The zero-order valence-corrected chi connectivity index (χ0v) is 20.8. The maximum absolute atomic E-state index is 14.1. The van der Waals surface area contributed by atoms with Crippen LogP contribution in [0.25, 0.3) is 22.8 Å². The van der Waals surface area contributed by atoms with Crippen LogP contribution in [0.1, 0.15) is 68.3 Å². The van der Waals surface area contributed by atoms with E-state index in [9.17, 15) is 28.2 Å². The standard InChI is InChI=1S/C26H30F3N5O4/c27-26(28,29)22-20(13-30-34(22)19-6-2-1-3-7-19)24-31-23(32-38-24)17-10-8-16(9-11-17)21(35)15-33-12-4-5-18(14-33)25(36)37/h8-11,13,18-19,21,35H,1-7,12,14-15H2,(H,36,37)/t18-,21?/m0/s1. The van der Waals surface area contributed by atoms with Gasteiger partial charge in [-0.3, -0.25) is 14.4 Å². The SMILES string of the molecule is O=C(O)[C@H]1CCCN(CC(O)c2ccc(-c3noc(-c4cnn(C5CCCCC5)c4C(F)(F)F)n3)cc2)C1. The molecule has 0 spiro atoms. The van der Waals surface area contributed by atoms with E-state index in [2.05, 4.69) is 15.2 Å². The molecule has 2 N–H and O–H groups in total. The van der Waals surface area contributed by atoms with Crippen LogP contribution in [0.2, 0.25) is 0 Å². The molecule has 0 bridgehead atoms. The second-order valence-corrected chi connectivity index (χ2v) is 10.1. The monoisotopic (exact) mass is 533 g/mol. The number of benzene rings is 1. The van der Waals surface area contributed by atoms with Gasteiger partial charge < -0.3 is 14.7 Å². The summed E-state index contributed by atoms with van der Waals surface area (Å²) in [6, 6.07) is 6.41. The normalized spacial score (nSPS) is 20.5. The molecule has 1 aliphatic carbocycles. The van der Waals surface area contributed by atoms with Crippen LogP contribution >= 0.6 is 0 Å². The summed E-state index contributed by atoms with van der Waals surface area (Å²) < 4.78 is 48.5. The van der Waals surface area contributed by atoms with E-state index in [1.54, 1.807) is 24.3 Å². The third-order valence-electron chi connectivity index (χ3n) is 7.48. The van der Waals surface area contributed by atoms with Crippen molar-refractivity contribution in [3.63, 3.8) is 0 Å². The topological polar surface area (TPSA) is 118 Å². The highest BCUT2D eigenvalue weighted by molar-refractivity contribution is 5.70. The molecule has 3 heterocycles. The number of β-amino-alcohol motifs (C(OH)–C–C–N with tert-alkyl or cyclic N) is 1. The minimum Gasteiger partial charge on any atom is -0.481 e. The minimum absolute atomic E-state index is 0.125. The first-order chi connectivity index (χ1) is 18.2. The van der Waals surface area contributed by atoms with Crippen LogP contribution in [0.4, 0.5) is 13.2 Å². The van der Waals surface area contributed by atoms with Crippen molar-refractivity contribution in [1.82, 2.24) is 24.8 Å². The van der Waals surface area contributed by atoms with Gasteiger partial charge in [-0.05, 0) is 37.8 Å². The Kier molecular flexibility index (Phi) is 7.53. The molecule has 1 unspecified atom stereocenters. The van der Waals surface area contributed by atoms with Crippen molar-refractivity contribution in [1.29, 1.82) is 0 Å². The molecular weight excluding hydrogens is 503 g/mol. The lowest BCUT2D eigenvalue weighted by atomic mass is 9.95. The summed E-state index contributed by atoms with van der Waals surface area (Å²) in [5.74, 6) is -1.38. The molecule has 1 saturated heterocycles. The molecule has 1 aromatic carbocycles. The molecule has 2 aliphatic rings. The number of nitrogens with zero attached hydrogens (tertiary/aromatic N) is 5. The first kappa shape index (κ1) is 26.4. The number of aliphatic hydroxyl groups is 1. The fourth-order valence-electron chi connectivity index (χ4n) is 5.48. The highest BCUT2D eigenvalue weighted by Gasteiger charge is 2.41. The Morgan fingerprint density at radius 2 is 1.84 bits per heavy atom. The van der Waals surface area contributed by atoms with Gasteiger partial charge in [0.1, 0.15) is 0 Å². The Morgan fingerprint density at radius 1 is 1.11 bits per heavy atom. The molecule has 38 heavy (non-hydrogen) atoms. The summed E-state index contributed by atoms with van der Waals surface area (Å²) in [6.07, 6.45) is 1.13. The molecule has 2 atom stereocenters. The van der Waals surface area contributed by atoms with E-state index in [0.717, 1.165) is 43.1 Å². The number of likely N-dealkylation sites (tertiary alicyclic amines) is 1. The second kappa shape index (κ2) is 10.9. The number of carboxylic acids is 1. The highest BCUT2D eigenvalue weighted by Crippen LogP contribution is 2.40. The number of halogens is 3. The number of aliphatic hydroxyl groups excluding tert-OH is 1. The van der Waals surface area contributed by atoms with Gasteiger partial charge in [-0.1, -0.05) is 48.7 Å². The summed E-state index contributed by atoms with van der Waals surface area (Å²) in [6.45, 7) is 1.43. The van der Waals surface area contributed by atoms with Crippen molar-refractivity contribution in [2.45, 2.75) is 63.3 Å². The second-order valence-electron chi connectivity index (χ2n) is 10.1. The van der Waals surface area contributed by atoms with E-state index >= 15 is 0 Å². The third-order valence-corrected chi connectivity index (χ3v) is 7.48. The van der Waals surface area contributed by atoms with Crippen LogP contribution in [-0.2, 0) is 11.0 Å². The van der Waals surface area contributed by atoms with Crippen molar-refractivity contribution < 1.29 is 32.7 Å². The van der Waals surface area contributed by atoms with Gasteiger partial charge in [0, 0.05) is 18.7 Å². The number of carbonyl (C=O) groups is 1. The van der Waals surface area contributed by atoms with Gasteiger partial charge in [0.25, 0.3) is 5.89 Å². The number of piperidine rings is 1. The van der Waals surface area contributed by atoms with Gasteiger partial charge in [0.15, 0.2) is 5.69 Å². The molecule has 2 fully saturated rings. The minimum atomic E-state index is -4.63. The molecule has 1 saturated carbocycles. The molecular formula is C26H30F3N5O4. The van der Waals surface area contributed by atoms with E-state index < -0.39 is 29.9 Å². The number of rotatable bonds is 7. The van der Waals surface area contributed by atoms with Crippen molar-refractivity contribution in [2.24, 2.45) is 5.92 Å². The smallest absolute Gasteiger partial charge is 0.433 e. The highest BCUT2D eigenvalue weighted by atomic mass is 19.4. The first-order valence-electron chi connectivity index (χ1n) is 12.9. The van der Waals surface area contributed by atoms with Crippen LogP contribution in [0, 0.1) is 5.92 Å². The Hall–Kier alpha value is -3.25. The van der Waals surface area contributed by atoms with Crippen LogP contribution in [0.5, 0.6) is 0 Å². The van der Waals surface area contributed by atoms with E-state index in [-0.39, 0.29) is 23.3 Å². The maximum Gasteiger partial charge on any atom is 0.433 e. The largest absolute Gasteiger partial charge is 0.481 e. The molecule has 0 amide bonds. The molecule has 5 rings (SSSR count). The summed E-state index contributed by atoms with van der Waals surface area (Å²) in [5.41, 5.74) is 0.0344. The van der Waals surface area contributed by atoms with Crippen LogP contribution in [0.15, 0.2) is 35.0 Å². The van der Waals surface area contributed by atoms with Crippen molar-refractivity contribution >= 4 is 5.97 Å². The fraction of sp³-hybridized carbons (Fsp3) is 0.538. The average molecular weight is 534 g/mol. The number of carboxylic acid groups (broad SMARTS) is 1. The van der Waals surface area contributed by atoms with Gasteiger partial charge in [-0.15, -0.1) is 0 Å². The fourth-order valence-corrected chi connectivity index (χ4v) is 5.48. The van der Waals surface area contributed by atoms with E-state index in [1.165, 1.54) is 0 Å². The Morgan fingerprint density at radius 3 is 2.53 bits per heavy atom. The van der Waals surface area contributed by atoms with Gasteiger partial charge >= 0.3 is 12.1 Å². The van der Waals surface area contributed by atoms with Gasteiger partial charge in [0.2, 0.25) is 5.82 Å². The van der Waals surface area contributed by atoms with Crippen LogP contribution in [0.3, 0.4) is 0 Å². The maximum atomic E-state index is 14.1. The number of hydrogen-bond acceptors (Lipinski definition) is 7. The van der Waals surface area contributed by atoms with Crippen molar-refractivity contribution in [3.05, 3.63) is 41.7 Å². The number of aliphatic carboxylic acids is 1. The lowest BCUT2D eigenvalue weighted by molar-refractivity contribution is -0.145. The van der Waals surface area contributed by atoms with Gasteiger partial charge in [-0.2, -0.15) is 23.3 Å². The van der Waals surface area contributed by atoms with Gasteiger partial charge in [-0.25, -0.2) is 0 Å². The predicted molar refractivity (Wildman–Crippen MR) is 130 cm³/mol. The van der Waals surface area contributed by atoms with Crippen LogP contribution < -0.4 is 0 Å². The molecule has 204 valence electrons. The molecule has 9 nitrogen and oxygen atoms in total. The van der Waals surface area contributed by atoms with E-state index in [0.29, 0.717) is 43.5 Å². The lowest BCUT2D eigenvalue weighted by Crippen LogP contribution is -2.40. The zero-order valence-electron chi connectivity index (χ0n) is 20.8. The average Bonchev–Trinajstić information content (AvgIpc) is 3.57. The van der Waals surface area contributed by atoms with Gasteiger partial charge in [0.05, 0.1) is 29.8 Å². The Bertz CT molecular complexity index is 1250. The molecule has 0 radical (unpaired) electrons. The first-order valence-corrected chi connectivity index (χ1v) is 12.9.